The second kappa shape index (κ2) is 7.21. The lowest BCUT2D eigenvalue weighted by Gasteiger charge is -2.21. The molecule has 5 heteroatoms. The number of benzene rings is 2. The van der Waals surface area contributed by atoms with Crippen LogP contribution in [0.4, 0.5) is 5.69 Å². The third kappa shape index (κ3) is 3.04. The first-order chi connectivity index (χ1) is 14.6. The molecule has 1 aliphatic heterocycles. The average Bonchev–Trinajstić information content (AvgIpc) is 3.17. The molecule has 152 valence electrons. The Morgan fingerprint density at radius 2 is 1.90 bits per heavy atom. The molecule has 3 aromatic rings. The van der Waals surface area contributed by atoms with Crippen LogP contribution in [0.25, 0.3) is 10.9 Å². The summed E-state index contributed by atoms with van der Waals surface area (Å²) in [5.41, 5.74) is 4.57. The number of aromatic nitrogens is 2. The molecular formula is C25H25N3O2. The third-order valence-corrected chi connectivity index (χ3v) is 6.51. The fourth-order valence-corrected chi connectivity index (χ4v) is 4.69. The van der Waals surface area contributed by atoms with Crippen LogP contribution < -0.4 is 4.90 Å². The summed E-state index contributed by atoms with van der Waals surface area (Å²) in [6, 6.07) is 12.4. The van der Waals surface area contributed by atoms with Crippen molar-refractivity contribution in [3.8, 4) is 11.8 Å². The Kier molecular flexibility index (Phi) is 4.51. The molecule has 2 aromatic carbocycles. The van der Waals surface area contributed by atoms with Crippen molar-refractivity contribution in [3.63, 3.8) is 0 Å². The highest BCUT2D eigenvalue weighted by Crippen LogP contribution is 2.46. The van der Waals surface area contributed by atoms with Gasteiger partial charge in [-0.3, -0.25) is 4.68 Å². The van der Waals surface area contributed by atoms with E-state index in [4.69, 9.17) is 4.74 Å². The van der Waals surface area contributed by atoms with Crippen molar-refractivity contribution >= 4 is 22.6 Å². The Labute approximate surface area is 176 Å². The highest BCUT2D eigenvalue weighted by Gasteiger charge is 2.45. The second-order valence-electron chi connectivity index (χ2n) is 8.31. The summed E-state index contributed by atoms with van der Waals surface area (Å²) in [5, 5.41) is 5.51. The fourth-order valence-electron chi connectivity index (χ4n) is 4.69. The molecule has 3 atom stereocenters. The van der Waals surface area contributed by atoms with Crippen molar-refractivity contribution in [3.05, 3.63) is 59.3 Å². The molecule has 0 radical (unpaired) electrons. The van der Waals surface area contributed by atoms with Crippen LogP contribution in [0.1, 0.15) is 47.8 Å². The molecular weight excluding hydrogens is 374 g/mol. The maximum atomic E-state index is 12.4. The van der Waals surface area contributed by atoms with Gasteiger partial charge in [0.2, 0.25) is 0 Å². The van der Waals surface area contributed by atoms with Crippen LogP contribution >= 0.6 is 0 Å². The zero-order valence-electron chi connectivity index (χ0n) is 17.6. The van der Waals surface area contributed by atoms with E-state index in [9.17, 15) is 4.79 Å². The van der Waals surface area contributed by atoms with E-state index in [1.165, 1.54) is 32.3 Å². The summed E-state index contributed by atoms with van der Waals surface area (Å²) in [7, 11) is 1.40. The summed E-state index contributed by atoms with van der Waals surface area (Å²) < 4.78 is 6.92. The summed E-state index contributed by atoms with van der Waals surface area (Å²) in [6.07, 6.45) is 3.20. The number of fused-ring (bicyclic) bond motifs is 2. The van der Waals surface area contributed by atoms with Crippen molar-refractivity contribution < 1.29 is 9.53 Å². The normalized spacial score (nSPS) is 20.4. The number of esters is 1. The first-order valence-electron chi connectivity index (χ1n) is 10.5. The zero-order chi connectivity index (χ0) is 20.8. The molecule has 2 fully saturated rings. The van der Waals surface area contributed by atoms with Crippen LogP contribution in [-0.4, -0.2) is 35.9 Å². The fraction of sp³-hybridized carbons (Fsp3) is 0.360. The molecule has 30 heavy (non-hydrogen) atoms. The monoisotopic (exact) mass is 399 g/mol. The molecule has 2 aliphatic rings. The molecule has 5 nitrogen and oxygen atoms in total. The van der Waals surface area contributed by atoms with Gasteiger partial charge in [-0.05, 0) is 61.9 Å². The van der Waals surface area contributed by atoms with Gasteiger partial charge in [0, 0.05) is 29.7 Å². The van der Waals surface area contributed by atoms with Crippen molar-refractivity contribution in [1.29, 1.82) is 0 Å². The molecule has 0 amide bonds. The van der Waals surface area contributed by atoms with E-state index in [0.717, 1.165) is 33.9 Å². The van der Waals surface area contributed by atoms with E-state index in [2.05, 4.69) is 53.0 Å². The predicted octanol–water partition coefficient (Wildman–Crippen LogP) is 4.26. The number of hydrogen-bond donors (Lipinski definition) is 0. The molecule has 0 spiro atoms. The van der Waals surface area contributed by atoms with Crippen LogP contribution in [0.3, 0.4) is 0 Å². The number of anilines is 1. The van der Waals surface area contributed by atoms with E-state index >= 15 is 0 Å². The van der Waals surface area contributed by atoms with Gasteiger partial charge in [0.05, 0.1) is 30.4 Å². The molecule has 1 saturated carbocycles. The Hall–Kier alpha value is -3.26. The van der Waals surface area contributed by atoms with Crippen molar-refractivity contribution in [2.75, 3.05) is 25.1 Å². The first-order valence-corrected chi connectivity index (χ1v) is 10.5. The summed E-state index contributed by atoms with van der Waals surface area (Å²) >= 11 is 0. The van der Waals surface area contributed by atoms with Crippen LogP contribution in [0.5, 0.6) is 0 Å². The number of methoxy groups -OCH3 is 1. The maximum absolute atomic E-state index is 12.4. The highest BCUT2D eigenvalue weighted by molar-refractivity contribution is 6.04. The van der Waals surface area contributed by atoms with Crippen molar-refractivity contribution in [2.45, 2.75) is 26.3 Å². The van der Waals surface area contributed by atoms with Gasteiger partial charge in [0.25, 0.3) is 0 Å². The molecule has 0 bridgehead atoms. The SMILES string of the molecule is CC#Cc1ccc(C(=O)OC)c2c1cnn2[C@@H](C)c1ccc(N2CC3CC3C2)cc1. The summed E-state index contributed by atoms with van der Waals surface area (Å²) in [4.78, 5) is 14.9. The van der Waals surface area contributed by atoms with Crippen molar-refractivity contribution in [2.24, 2.45) is 11.8 Å². The van der Waals surface area contributed by atoms with Gasteiger partial charge in [-0.2, -0.15) is 5.10 Å². The maximum Gasteiger partial charge on any atom is 0.340 e. The summed E-state index contributed by atoms with van der Waals surface area (Å²) in [6.45, 7) is 6.28. The summed E-state index contributed by atoms with van der Waals surface area (Å²) in [5.74, 6) is 7.51. The minimum absolute atomic E-state index is 0.0308. The number of rotatable bonds is 4. The average molecular weight is 399 g/mol. The number of nitrogens with zero attached hydrogens (tertiary/aromatic N) is 3. The largest absolute Gasteiger partial charge is 0.465 e. The Morgan fingerprint density at radius 3 is 2.57 bits per heavy atom. The quantitative estimate of drug-likeness (QED) is 0.486. The van der Waals surface area contributed by atoms with Crippen LogP contribution in [0.15, 0.2) is 42.6 Å². The number of carbonyl (C=O) groups is 1. The first kappa shape index (κ1) is 18.7. The van der Waals surface area contributed by atoms with Crippen LogP contribution in [-0.2, 0) is 4.74 Å². The molecule has 1 saturated heterocycles. The van der Waals surface area contributed by atoms with E-state index in [1.807, 2.05) is 10.7 Å². The van der Waals surface area contributed by atoms with E-state index in [-0.39, 0.29) is 12.0 Å². The molecule has 1 aliphatic carbocycles. The number of carbonyl (C=O) groups excluding carboxylic acids is 1. The van der Waals surface area contributed by atoms with Gasteiger partial charge in [-0.15, -0.1) is 5.92 Å². The Bertz CT molecular complexity index is 1170. The topological polar surface area (TPSA) is 47.4 Å². The molecule has 0 N–H and O–H groups in total. The van der Waals surface area contributed by atoms with Gasteiger partial charge >= 0.3 is 5.97 Å². The second-order valence-corrected chi connectivity index (χ2v) is 8.31. The molecule has 2 heterocycles. The standard InChI is InChI=1S/C25H25N3O2/c1-4-5-18-8-11-22(25(29)30-3)24-23(18)13-26-28(24)16(2)17-6-9-21(10-7-17)27-14-19-12-20(19)15-27/h6-11,13,16,19-20H,12,14-15H2,1-3H3/t16-,19?,20?/m0/s1. The van der Waals surface area contributed by atoms with Crippen LogP contribution in [0.2, 0.25) is 0 Å². The van der Waals surface area contributed by atoms with Crippen LogP contribution in [0, 0.1) is 23.7 Å². The third-order valence-electron chi connectivity index (χ3n) is 6.51. The number of ether oxygens (including phenoxy) is 1. The minimum atomic E-state index is -0.368. The van der Waals surface area contributed by atoms with E-state index < -0.39 is 0 Å². The lowest BCUT2D eigenvalue weighted by Crippen LogP contribution is -2.21. The van der Waals surface area contributed by atoms with Crippen molar-refractivity contribution in [1.82, 2.24) is 9.78 Å². The van der Waals surface area contributed by atoms with Gasteiger partial charge < -0.3 is 9.64 Å². The Morgan fingerprint density at radius 1 is 1.17 bits per heavy atom. The molecule has 2 unspecified atom stereocenters. The lowest BCUT2D eigenvalue weighted by molar-refractivity contribution is 0.0602. The van der Waals surface area contributed by atoms with Gasteiger partial charge in [-0.25, -0.2) is 4.79 Å². The minimum Gasteiger partial charge on any atom is -0.465 e. The lowest BCUT2D eigenvalue weighted by atomic mass is 10.0. The molecule has 1 aromatic heterocycles. The smallest absolute Gasteiger partial charge is 0.340 e. The highest BCUT2D eigenvalue weighted by atomic mass is 16.5. The van der Waals surface area contributed by atoms with Gasteiger partial charge in [-0.1, -0.05) is 18.1 Å². The van der Waals surface area contributed by atoms with Gasteiger partial charge in [0.1, 0.15) is 0 Å². The number of piperidine rings is 1. The predicted molar refractivity (Wildman–Crippen MR) is 118 cm³/mol. The van der Waals surface area contributed by atoms with Gasteiger partial charge in [0.15, 0.2) is 0 Å². The zero-order valence-corrected chi connectivity index (χ0v) is 17.6. The number of hydrogen-bond acceptors (Lipinski definition) is 4. The molecule has 5 rings (SSSR count). The Balaban J connectivity index is 1.52. The van der Waals surface area contributed by atoms with E-state index in [0.29, 0.717) is 5.56 Å². The van der Waals surface area contributed by atoms with E-state index in [1.54, 1.807) is 19.2 Å².